The molecule has 1 saturated heterocycles. The smallest absolute Gasteiger partial charge is 0.236 e. The Hall–Kier alpha value is -1.46. The highest BCUT2D eigenvalue weighted by atomic mass is 19.1. The average Bonchev–Trinajstić information content (AvgIpc) is 2.45. The van der Waals surface area contributed by atoms with Crippen LogP contribution < -0.4 is 5.73 Å². The van der Waals surface area contributed by atoms with Gasteiger partial charge in [-0.15, -0.1) is 0 Å². The lowest BCUT2D eigenvalue weighted by Gasteiger charge is -2.42. The number of halogens is 1. The summed E-state index contributed by atoms with van der Waals surface area (Å²) >= 11 is 0. The Bertz CT molecular complexity index is 532. The lowest BCUT2D eigenvalue weighted by molar-refractivity contribution is -0.132. The molecule has 1 aliphatic heterocycles. The molecule has 0 radical (unpaired) electrons. The second-order valence-electron chi connectivity index (χ2n) is 6.94. The summed E-state index contributed by atoms with van der Waals surface area (Å²) in [5.41, 5.74) is 6.68. The number of likely N-dealkylation sites (N-methyl/N-ethyl adjacent to an activating group) is 1. The first-order chi connectivity index (χ1) is 10.3. The molecule has 0 spiro atoms. The fourth-order valence-corrected chi connectivity index (χ4v) is 2.90. The maximum atomic E-state index is 13.7. The largest absolute Gasteiger partial charge is 0.340 e. The summed E-state index contributed by atoms with van der Waals surface area (Å²) in [6, 6.07) is 6.74. The number of benzene rings is 1. The molecule has 1 aromatic rings. The van der Waals surface area contributed by atoms with Crippen LogP contribution in [0.3, 0.4) is 0 Å². The molecule has 1 unspecified atom stereocenters. The summed E-state index contributed by atoms with van der Waals surface area (Å²) in [5, 5.41) is 0. The predicted molar refractivity (Wildman–Crippen MR) is 85.7 cm³/mol. The molecule has 1 aliphatic rings. The van der Waals surface area contributed by atoms with Gasteiger partial charge in [0, 0.05) is 38.3 Å². The number of likely N-dealkylation sites (tertiary alicyclic amines) is 1. The predicted octanol–water partition coefficient (Wildman–Crippen LogP) is 1.84. The third-order valence-corrected chi connectivity index (χ3v) is 4.54. The van der Waals surface area contributed by atoms with Gasteiger partial charge >= 0.3 is 0 Å². The van der Waals surface area contributed by atoms with Gasteiger partial charge in [-0.3, -0.25) is 9.69 Å². The number of carbonyl (C=O) groups is 1. The van der Waals surface area contributed by atoms with Crippen LogP contribution in [0.5, 0.6) is 0 Å². The van der Waals surface area contributed by atoms with E-state index in [2.05, 4.69) is 18.7 Å². The van der Waals surface area contributed by atoms with Gasteiger partial charge in [0.25, 0.3) is 0 Å². The minimum atomic E-state index is -0.271. The molecular weight excluding hydrogens is 281 g/mol. The molecule has 0 aliphatic carbocycles. The fourth-order valence-electron chi connectivity index (χ4n) is 2.90. The van der Waals surface area contributed by atoms with Crippen LogP contribution in [0.4, 0.5) is 4.39 Å². The van der Waals surface area contributed by atoms with Gasteiger partial charge in [-0.2, -0.15) is 0 Å². The summed E-state index contributed by atoms with van der Waals surface area (Å²) in [6.45, 7) is 6.58. The first kappa shape index (κ1) is 16.9. The van der Waals surface area contributed by atoms with E-state index in [4.69, 9.17) is 5.73 Å². The molecule has 0 bridgehead atoms. The number of hydrogen-bond acceptors (Lipinski definition) is 3. The van der Waals surface area contributed by atoms with E-state index in [1.165, 1.54) is 6.07 Å². The Morgan fingerprint density at radius 3 is 2.77 bits per heavy atom. The van der Waals surface area contributed by atoms with Gasteiger partial charge in [-0.05, 0) is 17.9 Å². The van der Waals surface area contributed by atoms with E-state index in [0.29, 0.717) is 18.7 Å². The highest BCUT2D eigenvalue weighted by Crippen LogP contribution is 2.27. The SMILES string of the molecule is CN(Cc1ccccc1F)C(=O)CN1CCC(N)C(C)(C)C1. The van der Waals surface area contributed by atoms with Gasteiger partial charge in [-0.25, -0.2) is 4.39 Å². The summed E-state index contributed by atoms with van der Waals surface area (Å²) in [5.74, 6) is -0.262. The third kappa shape index (κ3) is 4.05. The molecule has 2 rings (SSSR count). The van der Waals surface area contributed by atoms with Crippen molar-refractivity contribution in [2.75, 3.05) is 26.7 Å². The van der Waals surface area contributed by atoms with E-state index in [9.17, 15) is 9.18 Å². The van der Waals surface area contributed by atoms with Crippen molar-refractivity contribution in [1.82, 2.24) is 9.80 Å². The average molecular weight is 307 g/mol. The van der Waals surface area contributed by atoms with E-state index in [1.807, 2.05) is 0 Å². The number of amides is 1. The van der Waals surface area contributed by atoms with Crippen molar-refractivity contribution in [2.24, 2.45) is 11.1 Å². The maximum Gasteiger partial charge on any atom is 0.236 e. The highest BCUT2D eigenvalue weighted by Gasteiger charge is 2.34. The van der Waals surface area contributed by atoms with E-state index in [1.54, 1.807) is 30.1 Å². The zero-order valence-corrected chi connectivity index (χ0v) is 13.7. The molecule has 2 N–H and O–H groups in total. The van der Waals surface area contributed by atoms with Crippen LogP contribution >= 0.6 is 0 Å². The van der Waals surface area contributed by atoms with Gasteiger partial charge in [-0.1, -0.05) is 32.0 Å². The van der Waals surface area contributed by atoms with E-state index < -0.39 is 0 Å². The van der Waals surface area contributed by atoms with Crippen LogP contribution in [0.1, 0.15) is 25.8 Å². The van der Waals surface area contributed by atoms with Crippen LogP contribution in [0, 0.1) is 11.2 Å². The Balaban J connectivity index is 1.91. The normalized spacial score (nSPS) is 21.6. The molecule has 1 atom stereocenters. The summed E-state index contributed by atoms with van der Waals surface area (Å²) in [7, 11) is 1.72. The zero-order valence-electron chi connectivity index (χ0n) is 13.7. The molecule has 22 heavy (non-hydrogen) atoms. The Morgan fingerprint density at radius 1 is 1.45 bits per heavy atom. The first-order valence-electron chi connectivity index (χ1n) is 7.75. The number of piperidine rings is 1. The van der Waals surface area contributed by atoms with Crippen LogP contribution in [0.15, 0.2) is 24.3 Å². The van der Waals surface area contributed by atoms with Crippen molar-refractivity contribution in [2.45, 2.75) is 32.9 Å². The summed E-state index contributed by atoms with van der Waals surface area (Å²) in [4.78, 5) is 16.1. The van der Waals surface area contributed by atoms with Gasteiger partial charge in [0.2, 0.25) is 5.91 Å². The molecular formula is C17H26FN3O. The minimum absolute atomic E-state index is 0.00882. The zero-order chi connectivity index (χ0) is 16.3. The minimum Gasteiger partial charge on any atom is -0.340 e. The van der Waals surface area contributed by atoms with Crippen molar-refractivity contribution >= 4 is 5.91 Å². The maximum absolute atomic E-state index is 13.7. The Kier molecular flexibility index (Phi) is 5.19. The monoisotopic (exact) mass is 307 g/mol. The highest BCUT2D eigenvalue weighted by molar-refractivity contribution is 5.78. The fraction of sp³-hybridized carbons (Fsp3) is 0.588. The van der Waals surface area contributed by atoms with Crippen molar-refractivity contribution in [3.05, 3.63) is 35.6 Å². The first-order valence-corrected chi connectivity index (χ1v) is 7.75. The van der Waals surface area contributed by atoms with Crippen molar-refractivity contribution in [3.8, 4) is 0 Å². The molecule has 5 heteroatoms. The number of carbonyl (C=O) groups excluding carboxylic acids is 1. The van der Waals surface area contributed by atoms with Crippen molar-refractivity contribution < 1.29 is 9.18 Å². The van der Waals surface area contributed by atoms with Gasteiger partial charge in [0.05, 0.1) is 6.54 Å². The van der Waals surface area contributed by atoms with Crippen LogP contribution in [0.25, 0.3) is 0 Å². The molecule has 0 saturated carbocycles. The molecule has 1 fully saturated rings. The molecule has 122 valence electrons. The number of hydrogen-bond donors (Lipinski definition) is 1. The van der Waals surface area contributed by atoms with Crippen LogP contribution in [-0.2, 0) is 11.3 Å². The standard InChI is InChI=1S/C17H26FN3O/c1-17(2)12-21(9-8-15(17)19)11-16(22)20(3)10-13-6-4-5-7-14(13)18/h4-7,15H,8-12,19H2,1-3H3. The molecule has 1 amide bonds. The summed E-state index contributed by atoms with van der Waals surface area (Å²) < 4.78 is 13.7. The number of nitrogens with zero attached hydrogens (tertiary/aromatic N) is 2. The van der Waals surface area contributed by atoms with Gasteiger partial charge in [0.15, 0.2) is 0 Å². The molecule has 1 aromatic carbocycles. The second kappa shape index (κ2) is 6.75. The Morgan fingerprint density at radius 2 is 2.14 bits per heavy atom. The number of rotatable bonds is 4. The van der Waals surface area contributed by atoms with Crippen LogP contribution in [-0.4, -0.2) is 48.4 Å². The van der Waals surface area contributed by atoms with E-state index >= 15 is 0 Å². The van der Waals surface area contributed by atoms with Crippen molar-refractivity contribution in [1.29, 1.82) is 0 Å². The van der Waals surface area contributed by atoms with E-state index in [-0.39, 0.29) is 23.2 Å². The Labute approximate surface area is 132 Å². The van der Waals surface area contributed by atoms with Crippen molar-refractivity contribution in [3.63, 3.8) is 0 Å². The lowest BCUT2D eigenvalue weighted by atomic mass is 9.80. The third-order valence-electron chi connectivity index (χ3n) is 4.54. The topological polar surface area (TPSA) is 49.6 Å². The molecule has 0 aromatic heterocycles. The van der Waals surface area contributed by atoms with Crippen LogP contribution in [0.2, 0.25) is 0 Å². The molecule has 4 nitrogen and oxygen atoms in total. The molecule has 1 heterocycles. The van der Waals surface area contributed by atoms with Gasteiger partial charge < -0.3 is 10.6 Å². The lowest BCUT2D eigenvalue weighted by Crippen LogP contribution is -2.54. The van der Waals surface area contributed by atoms with E-state index in [0.717, 1.165) is 19.5 Å². The van der Waals surface area contributed by atoms with Gasteiger partial charge in [0.1, 0.15) is 5.82 Å². The quantitative estimate of drug-likeness (QED) is 0.923. The summed E-state index contributed by atoms with van der Waals surface area (Å²) in [6.07, 6.45) is 0.900. The number of nitrogens with two attached hydrogens (primary N) is 1. The second-order valence-corrected chi connectivity index (χ2v) is 6.94.